The van der Waals surface area contributed by atoms with Crippen molar-refractivity contribution in [3.63, 3.8) is 0 Å². The molecular weight excluding hydrogens is 336 g/mol. The first-order valence-corrected chi connectivity index (χ1v) is 7.87. The molecule has 0 saturated heterocycles. The van der Waals surface area contributed by atoms with E-state index in [1.54, 1.807) is 43.4 Å². The molecular formula is C19H22N2O5. The topological polar surface area (TPSA) is 77.1 Å². The Labute approximate surface area is 152 Å². The molecule has 0 aliphatic carbocycles. The Kier molecular flexibility index (Phi) is 6.06. The van der Waals surface area contributed by atoms with E-state index in [9.17, 15) is 9.59 Å². The molecule has 2 rings (SSSR count). The summed E-state index contributed by atoms with van der Waals surface area (Å²) >= 11 is 0. The van der Waals surface area contributed by atoms with Gasteiger partial charge in [0.15, 0.2) is 11.5 Å². The summed E-state index contributed by atoms with van der Waals surface area (Å²) in [6, 6.07) is 10.2. The first-order chi connectivity index (χ1) is 12.4. The van der Waals surface area contributed by atoms with Crippen LogP contribution in [-0.2, 0) is 4.79 Å². The summed E-state index contributed by atoms with van der Waals surface area (Å²) in [5, 5.41) is 2.82. The molecule has 1 N–H and O–H groups in total. The Balaban J connectivity index is 2.39. The number of amides is 2. The minimum absolute atomic E-state index is 0.139. The third-order valence-electron chi connectivity index (χ3n) is 3.91. The molecule has 0 fully saturated rings. The van der Waals surface area contributed by atoms with E-state index in [2.05, 4.69) is 5.32 Å². The maximum absolute atomic E-state index is 12.7. The van der Waals surface area contributed by atoms with Crippen molar-refractivity contribution in [2.24, 2.45) is 0 Å². The number of nitrogens with zero attached hydrogens (tertiary/aromatic N) is 1. The fraction of sp³-hybridized carbons (Fsp3) is 0.263. The smallest absolute Gasteiger partial charge is 0.255 e. The van der Waals surface area contributed by atoms with E-state index >= 15 is 0 Å². The molecule has 0 saturated carbocycles. The molecule has 0 bridgehead atoms. The van der Waals surface area contributed by atoms with Crippen LogP contribution in [0, 0.1) is 0 Å². The van der Waals surface area contributed by atoms with Crippen molar-refractivity contribution in [2.45, 2.75) is 6.92 Å². The van der Waals surface area contributed by atoms with Gasteiger partial charge in [0.25, 0.3) is 5.91 Å². The van der Waals surface area contributed by atoms with Crippen molar-refractivity contribution in [3.8, 4) is 17.2 Å². The largest absolute Gasteiger partial charge is 0.493 e. The number of anilines is 2. The standard InChI is InChI=1S/C19H22N2O5/c1-12(22)21(2)15-9-7-6-8-14(15)20-19(23)13-10-16(24-3)18(26-5)17(11-13)25-4/h6-11H,1-5H3,(H,20,23). The molecule has 7 nitrogen and oxygen atoms in total. The van der Waals surface area contributed by atoms with Crippen molar-refractivity contribution in [2.75, 3.05) is 38.6 Å². The van der Waals surface area contributed by atoms with E-state index in [0.29, 0.717) is 34.2 Å². The number of methoxy groups -OCH3 is 3. The fourth-order valence-electron chi connectivity index (χ4n) is 2.45. The van der Waals surface area contributed by atoms with Crippen molar-refractivity contribution < 1.29 is 23.8 Å². The lowest BCUT2D eigenvalue weighted by Crippen LogP contribution is -2.24. The Bertz CT molecular complexity index is 794. The van der Waals surface area contributed by atoms with E-state index in [-0.39, 0.29) is 11.8 Å². The average Bonchev–Trinajstić information content (AvgIpc) is 2.66. The van der Waals surface area contributed by atoms with Gasteiger partial charge in [0.1, 0.15) is 0 Å². The molecule has 0 heterocycles. The van der Waals surface area contributed by atoms with Gasteiger partial charge in [-0.15, -0.1) is 0 Å². The van der Waals surface area contributed by atoms with E-state index in [4.69, 9.17) is 14.2 Å². The molecule has 26 heavy (non-hydrogen) atoms. The monoisotopic (exact) mass is 358 g/mol. The molecule has 138 valence electrons. The summed E-state index contributed by atoms with van der Waals surface area (Å²) in [5.74, 6) is 0.661. The molecule has 0 unspecified atom stereocenters. The lowest BCUT2D eigenvalue weighted by atomic mass is 10.1. The number of para-hydroxylation sites is 2. The average molecular weight is 358 g/mol. The number of rotatable bonds is 6. The lowest BCUT2D eigenvalue weighted by Gasteiger charge is -2.19. The second kappa shape index (κ2) is 8.24. The number of benzene rings is 2. The Hall–Kier alpha value is -3.22. The molecule has 0 aliphatic rings. The highest BCUT2D eigenvalue weighted by molar-refractivity contribution is 6.08. The molecule has 0 spiro atoms. The number of ether oxygens (including phenoxy) is 3. The van der Waals surface area contributed by atoms with Crippen molar-refractivity contribution in [3.05, 3.63) is 42.0 Å². The van der Waals surface area contributed by atoms with Gasteiger partial charge in [-0.25, -0.2) is 0 Å². The first-order valence-electron chi connectivity index (χ1n) is 7.87. The minimum atomic E-state index is -0.367. The normalized spacial score (nSPS) is 10.0. The van der Waals surface area contributed by atoms with Gasteiger partial charge in [0, 0.05) is 19.5 Å². The molecule has 0 aliphatic heterocycles. The van der Waals surface area contributed by atoms with Crippen LogP contribution in [0.15, 0.2) is 36.4 Å². The molecule has 2 aromatic rings. The fourth-order valence-corrected chi connectivity index (χ4v) is 2.45. The second-order valence-corrected chi connectivity index (χ2v) is 5.46. The molecule has 2 aromatic carbocycles. The van der Waals surface area contributed by atoms with Gasteiger partial charge in [-0.1, -0.05) is 12.1 Å². The van der Waals surface area contributed by atoms with Crippen LogP contribution in [0.4, 0.5) is 11.4 Å². The Morgan fingerprint density at radius 3 is 2.04 bits per heavy atom. The minimum Gasteiger partial charge on any atom is -0.493 e. The van der Waals surface area contributed by atoms with E-state index in [1.807, 2.05) is 0 Å². The predicted molar refractivity (Wildman–Crippen MR) is 99.6 cm³/mol. The highest BCUT2D eigenvalue weighted by atomic mass is 16.5. The van der Waals surface area contributed by atoms with Crippen LogP contribution in [0.25, 0.3) is 0 Å². The van der Waals surface area contributed by atoms with Gasteiger partial charge in [-0.05, 0) is 24.3 Å². The van der Waals surface area contributed by atoms with Crippen LogP contribution in [-0.4, -0.2) is 40.2 Å². The van der Waals surface area contributed by atoms with Crippen molar-refractivity contribution >= 4 is 23.2 Å². The number of hydrogen-bond donors (Lipinski definition) is 1. The first kappa shape index (κ1) is 19.1. The van der Waals surface area contributed by atoms with Gasteiger partial charge in [-0.2, -0.15) is 0 Å². The van der Waals surface area contributed by atoms with Gasteiger partial charge >= 0.3 is 0 Å². The van der Waals surface area contributed by atoms with Gasteiger partial charge in [0.2, 0.25) is 11.7 Å². The van der Waals surface area contributed by atoms with Crippen molar-refractivity contribution in [1.82, 2.24) is 0 Å². The van der Waals surface area contributed by atoms with Crippen LogP contribution in [0.2, 0.25) is 0 Å². The zero-order chi connectivity index (χ0) is 19.3. The Morgan fingerprint density at radius 2 is 1.54 bits per heavy atom. The van der Waals surface area contributed by atoms with Gasteiger partial charge < -0.3 is 24.4 Å². The summed E-state index contributed by atoms with van der Waals surface area (Å²) in [6.45, 7) is 1.46. The third-order valence-corrected chi connectivity index (χ3v) is 3.91. The SMILES string of the molecule is COc1cc(C(=O)Nc2ccccc2N(C)C(C)=O)cc(OC)c1OC. The summed E-state index contributed by atoms with van der Waals surface area (Å²) in [5.41, 5.74) is 1.45. The van der Waals surface area contributed by atoms with Crippen LogP contribution in [0.5, 0.6) is 17.2 Å². The molecule has 0 radical (unpaired) electrons. The second-order valence-electron chi connectivity index (χ2n) is 5.46. The highest BCUT2D eigenvalue weighted by Gasteiger charge is 2.18. The quantitative estimate of drug-likeness (QED) is 0.859. The summed E-state index contributed by atoms with van der Waals surface area (Å²) < 4.78 is 15.8. The molecule has 2 amide bonds. The predicted octanol–water partition coefficient (Wildman–Crippen LogP) is 2.95. The third kappa shape index (κ3) is 3.88. The van der Waals surface area contributed by atoms with Gasteiger partial charge in [0.05, 0.1) is 32.7 Å². The summed E-state index contributed by atoms with van der Waals surface area (Å²) in [4.78, 5) is 25.8. The lowest BCUT2D eigenvalue weighted by molar-refractivity contribution is -0.116. The van der Waals surface area contributed by atoms with Crippen LogP contribution in [0.1, 0.15) is 17.3 Å². The zero-order valence-electron chi connectivity index (χ0n) is 15.5. The summed E-state index contributed by atoms with van der Waals surface area (Å²) in [7, 11) is 6.10. The number of hydrogen-bond acceptors (Lipinski definition) is 5. The number of carbonyl (C=O) groups excluding carboxylic acids is 2. The van der Waals surface area contributed by atoms with E-state index < -0.39 is 0 Å². The molecule has 7 heteroatoms. The van der Waals surface area contributed by atoms with Crippen LogP contribution in [0.3, 0.4) is 0 Å². The summed E-state index contributed by atoms with van der Waals surface area (Å²) in [6.07, 6.45) is 0. The maximum atomic E-state index is 12.7. The molecule has 0 atom stereocenters. The van der Waals surface area contributed by atoms with Gasteiger partial charge in [-0.3, -0.25) is 9.59 Å². The van der Waals surface area contributed by atoms with Crippen LogP contribution >= 0.6 is 0 Å². The highest BCUT2D eigenvalue weighted by Crippen LogP contribution is 2.38. The number of carbonyl (C=O) groups is 2. The van der Waals surface area contributed by atoms with Crippen LogP contribution < -0.4 is 24.4 Å². The van der Waals surface area contributed by atoms with E-state index in [0.717, 1.165) is 0 Å². The number of nitrogens with one attached hydrogen (secondary N) is 1. The van der Waals surface area contributed by atoms with Crippen molar-refractivity contribution in [1.29, 1.82) is 0 Å². The van der Waals surface area contributed by atoms with E-state index in [1.165, 1.54) is 33.2 Å². The Morgan fingerprint density at radius 1 is 0.962 bits per heavy atom. The zero-order valence-corrected chi connectivity index (χ0v) is 15.5. The molecule has 0 aromatic heterocycles. The maximum Gasteiger partial charge on any atom is 0.255 e.